The van der Waals surface area contributed by atoms with E-state index in [1.807, 2.05) is 18.2 Å². The number of hydrogen-bond acceptors (Lipinski definition) is 4. The van der Waals surface area contributed by atoms with Crippen LogP contribution in [-0.4, -0.2) is 17.5 Å². The number of hydrogen-bond donors (Lipinski definition) is 1. The van der Waals surface area contributed by atoms with Crippen molar-refractivity contribution in [2.75, 3.05) is 23.7 Å². The van der Waals surface area contributed by atoms with E-state index in [-0.39, 0.29) is 0 Å². The van der Waals surface area contributed by atoms with E-state index in [9.17, 15) is 0 Å². The van der Waals surface area contributed by atoms with Crippen LogP contribution in [0.15, 0.2) is 30.3 Å². The zero-order chi connectivity index (χ0) is 15.4. The Morgan fingerprint density at radius 1 is 1.05 bits per heavy atom. The first-order valence-corrected chi connectivity index (χ1v) is 8.32. The molecule has 4 heteroatoms. The molecule has 0 spiro atoms. The number of nitrogens with two attached hydrogens (primary N) is 1. The third-order valence-electron chi connectivity index (χ3n) is 3.22. The van der Waals surface area contributed by atoms with E-state index in [1.54, 1.807) is 0 Å². The van der Waals surface area contributed by atoms with Crippen molar-refractivity contribution in [1.29, 1.82) is 0 Å². The van der Waals surface area contributed by atoms with Crippen LogP contribution in [0.3, 0.4) is 0 Å². The molecule has 1 heterocycles. The lowest BCUT2D eigenvalue weighted by molar-refractivity contribution is 0.555. The molecule has 1 aromatic heterocycles. The van der Waals surface area contributed by atoms with E-state index in [2.05, 4.69) is 49.1 Å². The van der Waals surface area contributed by atoms with Gasteiger partial charge >= 0.3 is 0 Å². The molecule has 0 bridgehead atoms. The molecule has 21 heavy (non-hydrogen) atoms. The van der Waals surface area contributed by atoms with Crippen molar-refractivity contribution in [1.82, 2.24) is 4.37 Å². The topological polar surface area (TPSA) is 42.2 Å². The molecule has 2 rings (SSSR count). The van der Waals surface area contributed by atoms with Crippen LogP contribution < -0.4 is 10.6 Å². The molecule has 0 fully saturated rings. The molecule has 0 unspecified atom stereocenters. The van der Waals surface area contributed by atoms with Gasteiger partial charge in [-0.2, -0.15) is 4.37 Å². The zero-order valence-electron chi connectivity index (χ0n) is 13.3. The van der Waals surface area contributed by atoms with E-state index in [1.165, 1.54) is 16.5 Å². The molecule has 0 saturated heterocycles. The van der Waals surface area contributed by atoms with Crippen LogP contribution in [-0.2, 0) is 0 Å². The Hall–Kier alpha value is -1.55. The Bertz CT molecular complexity index is 551. The van der Waals surface area contributed by atoms with E-state index in [0.717, 1.165) is 24.2 Å². The van der Waals surface area contributed by atoms with Crippen LogP contribution >= 0.6 is 11.5 Å². The highest BCUT2D eigenvalue weighted by molar-refractivity contribution is 7.11. The molecule has 2 aromatic rings. The molecule has 0 atom stereocenters. The highest BCUT2D eigenvalue weighted by Gasteiger charge is 2.20. The molecule has 0 aliphatic heterocycles. The van der Waals surface area contributed by atoms with Gasteiger partial charge < -0.3 is 10.6 Å². The molecule has 1 aromatic carbocycles. The molecule has 0 aliphatic rings. The van der Waals surface area contributed by atoms with Gasteiger partial charge in [0.05, 0.1) is 5.56 Å². The smallest absolute Gasteiger partial charge is 0.147 e. The summed E-state index contributed by atoms with van der Waals surface area (Å²) >= 11 is 1.51. The highest BCUT2D eigenvalue weighted by Crippen LogP contribution is 2.39. The second-order valence-corrected chi connectivity index (χ2v) is 7.06. The van der Waals surface area contributed by atoms with Gasteiger partial charge in [0.25, 0.3) is 0 Å². The number of nitrogen functional groups attached to an aromatic ring is 1. The molecule has 114 valence electrons. The van der Waals surface area contributed by atoms with Crippen molar-refractivity contribution >= 4 is 22.4 Å². The van der Waals surface area contributed by atoms with E-state index < -0.39 is 0 Å². The normalized spacial score (nSPS) is 11.3. The van der Waals surface area contributed by atoms with Gasteiger partial charge in [-0.05, 0) is 28.9 Å². The van der Waals surface area contributed by atoms with E-state index >= 15 is 0 Å². The number of benzene rings is 1. The highest BCUT2D eigenvalue weighted by atomic mass is 32.1. The predicted molar refractivity (Wildman–Crippen MR) is 93.9 cm³/mol. The maximum Gasteiger partial charge on any atom is 0.147 e. The third-order valence-corrected chi connectivity index (χ3v) is 4.14. The molecule has 0 aliphatic carbocycles. The Labute approximate surface area is 132 Å². The summed E-state index contributed by atoms with van der Waals surface area (Å²) in [5, 5.41) is 1.20. The van der Waals surface area contributed by atoms with E-state index in [4.69, 9.17) is 5.73 Å². The Balaban J connectivity index is 2.42. The summed E-state index contributed by atoms with van der Waals surface area (Å²) in [4.78, 5) is 2.44. The number of aromatic nitrogens is 1. The fraction of sp³-hybridized carbons (Fsp3) is 0.471. The number of anilines is 2. The van der Waals surface area contributed by atoms with Crippen molar-refractivity contribution in [3.8, 4) is 11.1 Å². The van der Waals surface area contributed by atoms with Gasteiger partial charge in [-0.3, -0.25) is 0 Å². The van der Waals surface area contributed by atoms with Crippen LogP contribution in [0.5, 0.6) is 0 Å². The monoisotopic (exact) mass is 303 g/mol. The molecular formula is C17H25N3S. The van der Waals surface area contributed by atoms with Crippen molar-refractivity contribution in [2.45, 2.75) is 27.7 Å². The Kier molecular flexibility index (Phi) is 5.23. The number of nitrogens with zero attached hydrogens (tertiary/aromatic N) is 2. The third kappa shape index (κ3) is 3.97. The zero-order valence-corrected chi connectivity index (χ0v) is 14.2. The quantitative estimate of drug-likeness (QED) is 0.853. The SMILES string of the molecule is CC(C)CN(CC(C)C)c1snc(N)c1-c1ccccc1. The molecule has 0 amide bonds. The first kappa shape index (κ1) is 15.8. The minimum absolute atomic E-state index is 0.607. The van der Waals surface area contributed by atoms with Gasteiger partial charge in [0.15, 0.2) is 0 Å². The minimum atomic E-state index is 0.607. The average Bonchev–Trinajstić information content (AvgIpc) is 2.80. The lowest BCUT2D eigenvalue weighted by Gasteiger charge is -2.27. The van der Waals surface area contributed by atoms with Crippen molar-refractivity contribution in [3.05, 3.63) is 30.3 Å². The van der Waals surface area contributed by atoms with Gasteiger partial charge in [0.2, 0.25) is 0 Å². The van der Waals surface area contributed by atoms with Crippen LogP contribution in [0, 0.1) is 11.8 Å². The number of rotatable bonds is 6. The average molecular weight is 303 g/mol. The Morgan fingerprint density at radius 2 is 1.62 bits per heavy atom. The van der Waals surface area contributed by atoms with Crippen LogP contribution in [0.2, 0.25) is 0 Å². The van der Waals surface area contributed by atoms with Crippen molar-refractivity contribution in [3.63, 3.8) is 0 Å². The summed E-state index contributed by atoms with van der Waals surface area (Å²) < 4.78 is 4.41. The minimum Gasteiger partial charge on any atom is -0.382 e. The van der Waals surface area contributed by atoms with Gasteiger partial charge in [-0.1, -0.05) is 58.0 Å². The fourth-order valence-corrected chi connectivity index (χ4v) is 3.36. The van der Waals surface area contributed by atoms with Gasteiger partial charge in [-0.15, -0.1) is 0 Å². The summed E-state index contributed by atoms with van der Waals surface area (Å²) in [7, 11) is 0. The van der Waals surface area contributed by atoms with Crippen LogP contribution in [0.25, 0.3) is 11.1 Å². The summed E-state index contributed by atoms with van der Waals surface area (Å²) in [5.41, 5.74) is 8.38. The van der Waals surface area contributed by atoms with Crippen molar-refractivity contribution < 1.29 is 0 Å². The molecule has 0 saturated carbocycles. The summed E-state index contributed by atoms with van der Waals surface area (Å²) in [6, 6.07) is 10.3. The fourth-order valence-electron chi connectivity index (χ4n) is 2.51. The van der Waals surface area contributed by atoms with Gasteiger partial charge in [0.1, 0.15) is 10.8 Å². The summed E-state index contributed by atoms with van der Waals surface area (Å²) in [6.45, 7) is 11.1. The van der Waals surface area contributed by atoms with Crippen LogP contribution in [0.1, 0.15) is 27.7 Å². The van der Waals surface area contributed by atoms with Gasteiger partial charge in [-0.25, -0.2) is 0 Å². The molecular weight excluding hydrogens is 278 g/mol. The van der Waals surface area contributed by atoms with Crippen molar-refractivity contribution in [2.24, 2.45) is 11.8 Å². The maximum atomic E-state index is 6.15. The van der Waals surface area contributed by atoms with Crippen LogP contribution in [0.4, 0.5) is 10.8 Å². The second kappa shape index (κ2) is 6.94. The van der Waals surface area contributed by atoms with Gasteiger partial charge in [0, 0.05) is 13.1 Å². The van der Waals surface area contributed by atoms with E-state index in [0.29, 0.717) is 17.7 Å². The summed E-state index contributed by atoms with van der Waals surface area (Å²) in [5.74, 6) is 1.85. The molecule has 0 radical (unpaired) electrons. The Morgan fingerprint density at radius 3 is 2.14 bits per heavy atom. The lowest BCUT2D eigenvalue weighted by Crippen LogP contribution is -2.31. The standard InChI is InChI=1S/C17H25N3S/c1-12(2)10-20(11-13(3)4)17-15(16(18)19-21-17)14-8-6-5-7-9-14/h5-9,12-13H,10-11H2,1-4H3,(H2,18,19). The lowest BCUT2D eigenvalue weighted by atomic mass is 10.1. The summed E-state index contributed by atoms with van der Waals surface area (Å²) in [6.07, 6.45) is 0. The molecule has 2 N–H and O–H groups in total. The first-order valence-electron chi connectivity index (χ1n) is 7.54. The molecule has 3 nitrogen and oxygen atoms in total. The maximum absolute atomic E-state index is 6.15. The predicted octanol–water partition coefficient (Wildman–Crippen LogP) is 4.51. The largest absolute Gasteiger partial charge is 0.382 e. The first-order chi connectivity index (χ1) is 9.99. The second-order valence-electron chi connectivity index (χ2n) is 6.31.